The first-order valence-corrected chi connectivity index (χ1v) is 4.45. The normalized spacial score (nSPS) is 16.4. The van der Waals surface area contributed by atoms with Crippen LogP contribution in [0.4, 0.5) is 0 Å². The highest BCUT2D eigenvalue weighted by molar-refractivity contribution is 9.10. The highest BCUT2D eigenvalue weighted by Crippen LogP contribution is 2.37. The summed E-state index contributed by atoms with van der Waals surface area (Å²) >= 11 is 3.21. The molecular formula is C7H7BrN2O2. The third kappa shape index (κ3) is 1.14. The van der Waals surface area contributed by atoms with E-state index in [0.29, 0.717) is 10.6 Å². The lowest BCUT2D eigenvalue weighted by Gasteiger charge is -1.98. The van der Waals surface area contributed by atoms with Crippen molar-refractivity contribution >= 4 is 21.9 Å². The molecule has 1 N–H and O–H groups in total. The van der Waals surface area contributed by atoms with Crippen LogP contribution >= 0.6 is 15.9 Å². The topological polar surface area (TPSA) is 55.1 Å². The van der Waals surface area contributed by atoms with Crippen LogP contribution in [0.15, 0.2) is 10.8 Å². The van der Waals surface area contributed by atoms with Crippen molar-refractivity contribution in [2.75, 3.05) is 0 Å². The van der Waals surface area contributed by atoms with E-state index < -0.39 is 5.97 Å². The summed E-state index contributed by atoms with van der Waals surface area (Å²) < 4.78 is 2.31. The van der Waals surface area contributed by atoms with E-state index >= 15 is 0 Å². The Bertz CT molecular complexity index is 330. The molecule has 1 aromatic heterocycles. The van der Waals surface area contributed by atoms with Gasteiger partial charge in [0.25, 0.3) is 0 Å². The smallest absolute Gasteiger partial charge is 0.340 e. The lowest BCUT2D eigenvalue weighted by atomic mass is 10.4. The van der Waals surface area contributed by atoms with Crippen LogP contribution in [0, 0.1) is 0 Å². The number of hydrogen-bond acceptors (Lipinski definition) is 2. The van der Waals surface area contributed by atoms with Gasteiger partial charge in [-0.05, 0) is 28.8 Å². The Labute approximate surface area is 77.3 Å². The molecule has 64 valence electrons. The van der Waals surface area contributed by atoms with E-state index in [2.05, 4.69) is 21.0 Å². The van der Waals surface area contributed by atoms with E-state index in [4.69, 9.17) is 5.11 Å². The molecule has 4 nitrogen and oxygen atoms in total. The minimum absolute atomic E-state index is 0.238. The molecule has 5 heteroatoms. The lowest BCUT2D eigenvalue weighted by molar-refractivity contribution is 0.0695. The maximum absolute atomic E-state index is 10.6. The summed E-state index contributed by atoms with van der Waals surface area (Å²) in [6.07, 6.45) is 3.57. The summed E-state index contributed by atoms with van der Waals surface area (Å²) in [5.41, 5.74) is 0.238. The second kappa shape index (κ2) is 2.58. The van der Waals surface area contributed by atoms with Crippen LogP contribution in [-0.2, 0) is 0 Å². The van der Waals surface area contributed by atoms with E-state index in [1.807, 2.05) is 0 Å². The fourth-order valence-corrected chi connectivity index (χ4v) is 1.72. The molecule has 1 saturated carbocycles. The molecule has 1 aliphatic carbocycles. The van der Waals surface area contributed by atoms with Crippen molar-refractivity contribution in [2.24, 2.45) is 0 Å². The van der Waals surface area contributed by atoms with Crippen molar-refractivity contribution in [3.05, 3.63) is 16.4 Å². The first-order chi connectivity index (χ1) is 5.70. The Hall–Kier alpha value is -0.840. The number of aromatic nitrogens is 2. The molecule has 0 spiro atoms. The average molecular weight is 231 g/mol. The highest BCUT2D eigenvalue weighted by atomic mass is 79.9. The van der Waals surface area contributed by atoms with E-state index in [9.17, 15) is 4.79 Å². The van der Waals surface area contributed by atoms with Gasteiger partial charge in [0.2, 0.25) is 0 Å². The van der Waals surface area contributed by atoms with Gasteiger partial charge in [-0.1, -0.05) is 0 Å². The van der Waals surface area contributed by atoms with Crippen molar-refractivity contribution in [3.8, 4) is 0 Å². The Morgan fingerprint density at radius 2 is 2.42 bits per heavy atom. The van der Waals surface area contributed by atoms with Gasteiger partial charge in [-0.25, -0.2) is 4.79 Å². The third-order valence-corrected chi connectivity index (χ3v) is 2.65. The molecule has 0 unspecified atom stereocenters. The number of carboxylic acid groups (broad SMARTS) is 1. The summed E-state index contributed by atoms with van der Waals surface area (Å²) in [5, 5.41) is 12.7. The number of aromatic carboxylic acids is 1. The average Bonchev–Trinajstić information content (AvgIpc) is 2.75. The number of carbonyl (C=O) groups is 1. The number of nitrogens with zero attached hydrogens (tertiary/aromatic N) is 2. The van der Waals surface area contributed by atoms with E-state index in [1.54, 1.807) is 4.68 Å². The Morgan fingerprint density at radius 1 is 1.75 bits per heavy atom. The van der Waals surface area contributed by atoms with Crippen LogP contribution in [0.1, 0.15) is 29.2 Å². The number of halogens is 1. The molecule has 0 atom stereocenters. The standard InChI is InChI=1S/C7H7BrN2O2/c8-6-5(7(11)12)3-9-10(6)4-1-2-4/h3-4H,1-2H2,(H,11,12). The first-order valence-electron chi connectivity index (χ1n) is 3.66. The molecule has 12 heavy (non-hydrogen) atoms. The van der Waals surface area contributed by atoms with Crippen molar-refractivity contribution in [1.29, 1.82) is 0 Å². The summed E-state index contributed by atoms with van der Waals surface area (Å²) in [7, 11) is 0. The zero-order chi connectivity index (χ0) is 8.72. The quantitative estimate of drug-likeness (QED) is 0.842. The van der Waals surface area contributed by atoms with Gasteiger partial charge in [0.05, 0.1) is 12.2 Å². The molecule has 0 saturated heterocycles. The zero-order valence-electron chi connectivity index (χ0n) is 6.20. The molecule has 2 rings (SSSR count). The van der Waals surface area contributed by atoms with E-state index in [0.717, 1.165) is 12.8 Å². The molecule has 1 heterocycles. The van der Waals surface area contributed by atoms with Gasteiger partial charge in [0.15, 0.2) is 0 Å². The van der Waals surface area contributed by atoms with Crippen LogP contribution in [-0.4, -0.2) is 20.9 Å². The Balaban J connectivity index is 2.39. The van der Waals surface area contributed by atoms with Gasteiger partial charge < -0.3 is 5.11 Å². The van der Waals surface area contributed by atoms with Crippen LogP contribution in [0.2, 0.25) is 0 Å². The maximum Gasteiger partial charge on any atom is 0.340 e. The highest BCUT2D eigenvalue weighted by Gasteiger charge is 2.28. The SMILES string of the molecule is O=C(O)c1cnn(C2CC2)c1Br. The molecule has 0 amide bonds. The van der Waals surface area contributed by atoms with Crippen molar-refractivity contribution in [1.82, 2.24) is 9.78 Å². The van der Waals surface area contributed by atoms with Crippen molar-refractivity contribution in [2.45, 2.75) is 18.9 Å². The fourth-order valence-electron chi connectivity index (χ4n) is 1.06. The zero-order valence-corrected chi connectivity index (χ0v) is 7.78. The first kappa shape index (κ1) is 7.79. The van der Waals surface area contributed by atoms with E-state index in [-0.39, 0.29) is 5.56 Å². The number of rotatable bonds is 2. The van der Waals surface area contributed by atoms with Crippen LogP contribution < -0.4 is 0 Å². The van der Waals surface area contributed by atoms with Gasteiger partial charge in [-0.15, -0.1) is 0 Å². The van der Waals surface area contributed by atoms with Crippen molar-refractivity contribution < 1.29 is 9.90 Å². The van der Waals surface area contributed by atoms with Gasteiger partial charge in [0, 0.05) is 0 Å². The lowest BCUT2D eigenvalue weighted by Crippen LogP contribution is -1.99. The Kier molecular flexibility index (Phi) is 1.68. The second-order valence-corrected chi connectivity index (χ2v) is 3.58. The summed E-state index contributed by atoms with van der Waals surface area (Å²) in [6, 6.07) is 0.410. The largest absolute Gasteiger partial charge is 0.478 e. The van der Waals surface area contributed by atoms with Gasteiger partial charge in [-0.2, -0.15) is 5.10 Å². The molecule has 0 aliphatic heterocycles. The van der Waals surface area contributed by atoms with Crippen LogP contribution in [0.25, 0.3) is 0 Å². The second-order valence-electron chi connectivity index (χ2n) is 2.83. The van der Waals surface area contributed by atoms with E-state index in [1.165, 1.54) is 6.20 Å². The maximum atomic E-state index is 10.6. The predicted octanol–water partition coefficient (Wildman–Crippen LogP) is 1.68. The number of carboxylic acids is 1. The number of hydrogen-bond donors (Lipinski definition) is 1. The minimum atomic E-state index is -0.936. The predicted molar refractivity (Wildman–Crippen MR) is 45.2 cm³/mol. The van der Waals surface area contributed by atoms with Gasteiger partial charge in [0.1, 0.15) is 10.2 Å². The Morgan fingerprint density at radius 3 is 2.83 bits per heavy atom. The molecule has 1 aliphatic rings. The monoisotopic (exact) mass is 230 g/mol. The van der Waals surface area contributed by atoms with Crippen LogP contribution in [0.3, 0.4) is 0 Å². The molecule has 0 aromatic carbocycles. The third-order valence-electron chi connectivity index (χ3n) is 1.86. The molecule has 1 aromatic rings. The molecule has 0 radical (unpaired) electrons. The van der Waals surface area contributed by atoms with Gasteiger partial charge in [-0.3, -0.25) is 4.68 Å². The van der Waals surface area contributed by atoms with Crippen molar-refractivity contribution in [3.63, 3.8) is 0 Å². The van der Waals surface area contributed by atoms with Gasteiger partial charge >= 0.3 is 5.97 Å². The minimum Gasteiger partial charge on any atom is -0.478 e. The molecule has 1 fully saturated rings. The fraction of sp³-hybridized carbons (Fsp3) is 0.429. The summed E-state index contributed by atoms with van der Waals surface area (Å²) in [6.45, 7) is 0. The molecule has 0 bridgehead atoms. The van der Waals surface area contributed by atoms with Crippen LogP contribution in [0.5, 0.6) is 0 Å². The molecular weight excluding hydrogens is 224 g/mol. The summed E-state index contributed by atoms with van der Waals surface area (Å²) in [4.78, 5) is 10.6. The summed E-state index contributed by atoms with van der Waals surface area (Å²) in [5.74, 6) is -0.936.